The number of hydrogen-bond donors (Lipinski definition) is 1. The third-order valence-electron chi connectivity index (χ3n) is 5.62. The Morgan fingerprint density at radius 2 is 1.79 bits per heavy atom. The van der Waals surface area contributed by atoms with Gasteiger partial charge in [-0.3, -0.25) is 9.69 Å². The molecule has 5 nitrogen and oxygen atoms in total. The Bertz CT molecular complexity index is 965. The van der Waals surface area contributed by atoms with Crippen molar-refractivity contribution in [2.75, 3.05) is 26.7 Å². The number of amides is 1. The molecule has 0 saturated carbocycles. The maximum atomic E-state index is 12.8. The summed E-state index contributed by atoms with van der Waals surface area (Å²) in [6, 6.07) is 19.9. The number of piperidine rings is 1. The molecule has 150 valence electrons. The average Bonchev–Trinajstić information content (AvgIpc) is 2.80. The van der Waals surface area contributed by atoms with Crippen molar-refractivity contribution >= 4 is 16.8 Å². The number of likely N-dealkylation sites (tertiary alicyclic amines) is 1. The third kappa shape index (κ3) is 4.57. The fraction of sp³-hybridized carbons (Fsp3) is 0.333. The van der Waals surface area contributed by atoms with Crippen LogP contribution in [0.15, 0.2) is 60.7 Å². The molecule has 2 aromatic carbocycles. The number of para-hydroxylation sites is 1. The van der Waals surface area contributed by atoms with Crippen molar-refractivity contribution in [2.45, 2.75) is 25.3 Å². The largest absolute Gasteiger partial charge is 0.497 e. The van der Waals surface area contributed by atoms with Gasteiger partial charge in [0.15, 0.2) is 0 Å². The summed E-state index contributed by atoms with van der Waals surface area (Å²) < 4.78 is 5.29. The average molecular weight is 389 g/mol. The van der Waals surface area contributed by atoms with E-state index < -0.39 is 0 Å². The van der Waals surface area contributed by atoms with E-state index in [4.69, 9.17) is 4.74 Å². The van der Waals surface area contributed by atoms with Crippen LogP contribution in [0.1, 0.15) is 41.4 Å². The second-order valence-electron chi connectivity index (χ2n) is 7.48. The van der Waals surface area contributed by atoms with Crippen LogP contribution >= 0.6 is 0 Å². The molecule has 0 unspecified atom stereocenters. The number of aromatic nitrogens is 1. The lowest BCUT2D eigenvalue weighted by atomic mass is 10.0. The van der Waals surface area contributed by atoms with Crippen LogP contribution in [0.3, 0.4) is 0 Å². The van der Waals surface area contributed by atoms with E-state index in [1.807, 2.05) is 42.5 Å². The molecule has 0 spiro atoms. The normalized spacial score (nSPS) is 15.8. The van der Waals surface area contributed by atoms with Crippen LogP contribution < -0.4 is 10.1 Å². The van der Waals surface area contributed by atoms with Crippen molar-refractivity contribution < 1.29 is 9.53 Å². The molecule has 1 aliphatic rings. The van der Waals surface area contributed by atoms with E-state index in [-0.39, 0.29) is 11.9 Å². The standard InChI is InChI=1S/C24H27N3O2/c1-29-20-12-9-19(10-13-20)23(27-15-5-2-6-16-27)17-25-24(28)22-14-11-18-7-3-4-8-21(18)26-22/h3-4,7-14,23H,2,5-6,15-17H2,1H3,(H,25,28)/t23-/m1/s1. The van der Waals surface area contributed by atoms with Crippen LogP contribution in [0.2, 0.25) is 0 Å². The number of nitrogens with one attached hydrogen (secondary N) is 1. The zero-order valence-electron chi connectivity index (χ0n) is 16.8. The predicted molar refractivity (Wildman–Crippen MR) is 115 cm³/mol. The number of fused-ring (bicyclic) bond motifs is 1. The number of rotatable bonds is 6. The highest BCUT2D eigenvalue weighted by Gasteiger charge is 2.23. The third-order valence-corrected chi connectivity index (χ3v) is 5.62. The topological polar surface area (TPSA) is 54.5 Å². The van der Waals surface area contributed by atoms with Gasteiger partial charge in [-0.1, -0.05) is 42.8 Å². The van der Waals surface area contributed by atoms with Crippen LogP contribution in [-0.4, -0.2) is 42.5 Å². The molecule has 4 rings (SSSR count). The monoisotopic (exact) mass is 389 g/mol. The molecule has 29 heavy (non-hydrogen) atoms. The van der Waals surface area contributed by atoms with Crippen LogP contribution in [0, 0.1) is 0 Å². The van der Waals surface area contributed by atoms with Crippen molar-refractivity contribution in [3.8, 4) is 5.75 Å². The molecule has 1 aromatic heterocycles. The van der Waals surface area contributed by atoms with Gasteiger partial charge in [-0.25, -0.2) is 4.98 Å². The Morgan fingerprint density at radius 3 is 2.55 bits per heavy atom. The summed E-state index contributed by atoms with van der Waals surface area (Å²) in [5, 5.41) is 4.15. The first-order valence-electron chi connectivity index (χ1n) is 10.3. The van der Waals surface area contributed by atoms with E-state index in [0.717, 1.165) is 29.7 Å². The molecule has 2 heterocycles. The van der Waals surface area contributed by atoms with Gasteiger partial charge < -0.3 is 10.1 Å². The highest BCUT2D eigenvalue weighted by Crippen LogP contribution is 2.26. The summed E-state index contributed by atoms with van der Waals surface area (Å²) in [5.41, 5.74) is 2.48. The molecular weight excluding hydrogens is 362 g/mol. The minimum absolute atomic E-state index is 0.133. The van der Waals surface area contributed by atoms with E-state index in [0.29, 0.717) is 12.2 Å². The molecule has 0 aliphatic carbocycles. The number of carbonyl (C=O) groups is 1. The first-order valence-corrected chi connectivity index (χ1v) is 10.3. The fourth-order valence-electron chi connectivity index (χ4n) is 3.99. The summed E-state index contributed by atoms with van der Waals surface area (Å²) in [5.74, 6) is 0.710. The number of ether oxygens (including phenoxy) is 1. The number of carbonyl (C=O) groups excluding carboxylic acids is 1. The smallest absolute Gasteiger partial charge is 0.269 e. The maximum Gasteiger partial charge on any atom is 0.269 e. The Morgan fingerprint density at radius 1 is 1.03 bits per heavy atom. The van der Waals surface area contributed by atoms with Gasteiger partial charge in [-0.2, -0.15) is 0 Å². The minimum atomic E-state index is -0.133. The van der Waals surface area contributed by atoms with Gasteiger partial charge >= 0.3 is 0 Å². The highest BCUT2D eigenvalue weighted by atomic mass is 16.5. The molecule has 1 amide bonds. The Labute approximate surface area is 171 Å². The Hall–Kier alpha value is -2.92. The first-order chi connectivity index (χ1) is 14.2. The first kappa shape index (κ1) is 19.4. The molecule has 1 atom stereocenters. The van der Waals surface area contributed by atoms with Crippen molar-refractivity contribution in [1.29, 1.82) is 0 Å². The van der Waals surface area contributed by atoms with Gasteiger partial charge in [0.25, 0.3) is 5.91 Å². The zero-order chi connectivity index (χ0) is 20.1. The van der Waals surface area contributed by atoms with Crippen LogP contribution in [0.5, 0.6) is 5.75 Å². The molecule has 5 heteroatoms. The molecule has 1 aliphatic heterocycles. The van der Waals surface area contributed by atoms with Gasteiger partial charge in [0.1, 0.15) is 11.4 Å². The van der Waals surface area contributed by atoms with Crippen LogP contribution in [0.4, 0.5) is 0 Å². The quantitative estimate of drug-likeness (QED) is 0.686. The van der Waals surface area contributed by atoms with E-state index in [2.05, 4.69) is 27.3 Å². The van der Waals surface area contributed by atoms with Crippen LogP contribution in [0.25, 0.3) is 10.9 Å². The summed E-state index contributed by atoms with van der Waals surface area (Å²) >= 11 is 0. The lowest BCUT2D eigenvalue weighted by molar-refractivity contribution is 0.0920. The second-order valence-corrected chi connectivity index (χ2v) is 7.48. The van der Waals surface area contributed by atoms with Crippen molar-refractivity contribution in [3.05, 3.63) is 71.9 Å². The number of benzene rings is 2. The molecule has 1 saturated heterocycles. The Kier molecular flexibility index (Phi) is 6.06. The molecule has 0 bridgehead atoms. The lowest BCUT2D eigenvalue weighted by Gasteiger charge is -2.35. The number of pyridine rings is 1. The fourth-order valence-corrected chi connectivity index (χ4v) is 3.99. The van der Waals surface area contributed by atoms with Gasteiger partial charge in [-0.15, -0.1) is 0 Å². The number of methoxy groups -OCH3 is 1. The van der Waals surface area contributed by atoms with Gasteiger partial charge in [0.05, 0.1) is 18.7 Å². The lowest BCUT2D eigenvalue weighted by Crippen LogP contribution is -2.40. The summed E-state index contributed by atoms with van der Waals surface area (Å²) in [7, 11) is 1.67. The molecular formula is C24H27N3O2. The number of nitrogens with zero attached hydrogens (tertiary/aromatic N) is 2. The maximum absolute atomic E-state index is 12.8. The summed E-state index contributed by atoms with van der Waals surface area (Å²) in [6.45, 7) is 2.67. The van der Waals surface area contributed by atoms with Crippen molar-refractivity contribution in [3.63, 3.8) is 0 Å². The summed E-state index contributed by atoms with van der Waals surface area (Å²) in [6.07, 6.45) is 3.68. The minimum Gasteiger partial charge on any atom is -0.497 e. The van der Waals surface area contributed by atoms with Gasteiger partial charge in [-0.05, 0) is 55.8 Å². The molecule has 0 radical (unpaired) electrons. The second kappa shape index (κ2) is 9.05. The predicted octanol–water partition coefficient (Wildman–Crippen LogP) is 4.20. The van der Waals surface area contributed by atoms with E-state index >= 15 is 0 Å². The SMILES string of the molecule is COc1ccc([C@@H](CNC(=O)c2ccc3ccccc3n2)N2CCCCC2)cc1. The van der Waals surface area contributed by atoms with E-state index in [1.54, 1.807) is 13.2 Å². The van der Waals surface area contributed by atoms with Crippen molar-refractivity contribution in [1.82, 2.24) is 15.2 Å². The number of hydrogen-bond acceptors (Lipinski definition) is 4. The van der Waals surface area contributed by atoms with Crippen LogP contribution in [-0.2, 0) is 0 Å². The van der Waals surface area contributed by atoms with Gasteiger partial charge in [0.2, 0.25) is 0 Å². The molecule has 3 aromatic rings. The molecule has 1 fully saturated rings. The van der Waals surface area contributed by atoms with E-state index in [9.17, 15) is 4.79 Å². The van der Waals surface area contributed by atoms with Gasteiger partial charge in [0, 0.05) is 11.9 Å². The van der Waals surface area contributed by atoms with E-state index in [1.165, 1.54) is 24.8 Å². The van der Waals surface area contributed by atoms with Crippen molar-refractivity contribution in [2.24, 2.45) is 0 Å². The Balaban J connectivity index is 1.50. The highest BCUT2D eigenvalue weighted by molar-refractivity contribution is 5.94. The molecule has 1 N–H and O–H groups in total. The zero-order valence-corrected chi connectivity index (χ0v) is 16.8. The summed E-state index contributed by atoms with van der Waals surface area (Å²) in [4.78, 5) is 19.8.